The number of rotatable bonds is 2. The summed E-state index contributed by atoms with van der Waals surface area (Å²) in [7, 11) is 1.50. The highest BCUT2D eigenvalue weighted by atomic mass is 16.5. The van der Waals surface area contributed by atoms with Gasteiger partial charge in [-0.15, -0.1) is 0 Å². The van der Waals surface area contributed by atoms with Crippen molar-refractivity contribution in [2.24, 2.45) is 0 Å². The first kappa shape index (κ1) is 8.08. The van der Waals surface area contributed by atoms with Crippen LogP contribution in [0.4, 0.5) is 5.69 Å². The molecule has 0 aliphatic heterocycles. The Bertz CT molecular complexity index is 216. The molecule has 11 heavy (non-hydrogen) atoms. The molecule has 60 valence electrons. The summed E-state index contributed by atoms with van der Waals surface area (Å²) in [5, 5.41) is 11.6. The molecule has 0 bridgehead atoms. The van der Waals surface area contributed by atoms with Gasteiger partial charge >= 0.3 is 0 Å². The lowest BCUT2D eigenvalue weighted by Gasteiger charge is -2.24. The van der Waals surface area contributed by atoms with Crippen LogP contribution in [-0.4, -0.2) is 7.05 Å². The molecule has 0 amide bonds. The first-order valence-electron chi connectivity index (χ1n) is 3.74. The first-order valence-corrected chi connectivity index (χ1v) is 3.74. The number of aryl methyl sites for hydroxylation is 1. The molecule has 0 saturated carbocycles. The van der Waals surface area contributed by atoms with Crippen molar-refractivity contribution >= 4 is 5.69 Å². The Balaban J connectivity index is 2.83. The van der Waals surface area contributed by atoms with E-state index in [0.29, 0.717) is 5.69 Å². The third-order valence-corrected chi connectivity index (χ3v) is 1.71. The van der Waals surface area contributed by atoms with Crippen molar-refractivity contribution < 1.29 is 0 Å². The normalized spacial score (nSPS) is 9.73. The molecule has 0 fully saturated rings. The Morgan fingerprint density at radius 2 is 1.82 bits per heavy atom. The van der Waals surface area contributed by atoms with Crippen LogP contribution in [0.5, 0.6) is 0 Å². The molecule has 0 saturated heterocycles. The highest BCUT2D eigenvalue weighted by molar-refractivity contribution is 5.47. The third-order valence-electron chi connectivity index (χ3n) is 1.71. The molecule has 0 N–H and O–H groups in total. The summed E-state index contributed by atoms with van der Waals surface area (Å²) in [6, 6.07) is 7.63. The van der Waals surface area contributed by atoms with Crippen molar-refractivity contribution in [1.82, 2.24) is 0 Å². The van der Waals surface area contributed by atoms with E-state index < -0.39 is 0 Å². The monoisotopic (exact) mass is 150 g/mol. The quantitative estimate of drug-likeness (QED) is 0.604. The van der Waals surface area contributed by atoms with Gasteiger partial charge < -0.3 is 10.3 Å². The van der Waals surface area contributed by atoms with E-state index in [2.05, 4.69) is 6.92 Å². The van der Waals surface area contributed by atoms with Gasteiger partial charge in [-0.2, -0.15) is 0 Å². The molecule has 1 aromatic rings. The lowest BCUT2D eigenvalue weighted by Crippen LogP contribution is -2.05. The van der Waals surface area contributed by atoms with Crippen molar-refractivity contribution in [2.45, 2.75) is 13.3 Å². The minimum atomic E-state index is 0.710. The highest BCUT2D eigenvalue weighted by Gasteiger charge is 1.89. The van der Waals surface area contributed by atoms with Gasteiger partial charge in [0.2, 0.25) is 0 Å². The zero-order chi connectivity index (χ0) is 8.27. The van der Waals surface area contributed by atoms with Crippen LogP contribution in [0.15, 0.2) is 24.3 Å². The number of anilines is 1. The summed E-state index contributed by atoms with van der Waals surface area (Å²) in [5.74, 6) is 0. The van der Waals surface area contributed by atoms with E-state index in [1.807, 2.05) is 24.3 Å². The number of nitrogens with zero attached hydrogens (tertiary/aromatic N) is 1. The van der Waals surface area contributed by atoms with Crippen molar-refractivity contribution in [3.8, 4) is 0 Å². The van der Waals surface area contributed by atoms with Crippen LogP contribution in [0.2, 0.25) is 0 Å². The van der Waals surface area contributed by atoms with E-state index in [-0.39, 0.29) is 0 Å². The summed E-state index contributed by atoms with van der Waals surface area (Å²) in [4.78, 5) is 0. The van der Waals surface area contributed by atoms with Crippen molar-refractivity contribution in [3.05, 3.63) is 35.0 Å². The fraction of sp³-hybridized carbons (Fsp3) is 0.333. The Kier molecular flexibility index (Phi) is 2.49. The molecular weight excluding hydrogens is 138 g/mol. The molecular formula is C9H12NO-. The smallest absolute Gasteiger partial charge is 0.0257 e. The summed E-state index contributed by atoms with van der Waals surface area (Å²) >= 11 is 0. The standard InChI is InChI=1S/C9H12NO/c1-3-8-4-6-9(7-5-8)10(2)11/h4-7H,3H2,1-2H3/q-1. The Labute approximate surface area is 67.0 Å². The molecule has 0 heterocycles. The largest absolute Gasteiger partial charge is 0.758 e. The average Bonchev–Trinajstić information content (AvgIpc) is 2.05. The van der Waals surface area contributed by atoms with Gasteiger partial charge in [0, 0.05) is 5.69 Å². The average molecular weight is 150 g/mol. The van der Waals surface area contributed by atoms with E-state index in [1.165, 1.54) is 12.6 Å². The predicted octanol–water partition coefficient (Wildman–Crippen LogP) is 2.18. The van der Waals surface area contributed by atoms with Crippen LogP contribution >= 0.6 is 0 Å². The van der Waals surface area contributed by atoms with Crippen LogP contribution in [0.3, 0.4) is 0 Å². The van der Waals surface area contributed by atoms with Gasteiger partial charge in [0.15, 0.2) is 0 Å². The second-order valence-corrected chi connectivity index (χ2v) is 2.52. The van der Waals surface area contributed by atoms with Gasteiger partial charge in [-0.05, 0) is 31.2 Å². The molecule has 0 spiro atoms. The minimum absolute atomic E-state index is 0.710. The lowest BCUT2D eigenvalue weighted by molar-refractivity contribution is 1.13. The van der Waals surface area contributed by atoms with Crippen LogP contribution in [0, 0.1) is 5.21 Å². The molecule has 2 nitrogen and oxygen atoms in total. The molecule has 1 aromatic carbocycles. The minimum Gasteiger partial charge on any atom is -0.758 e. The second kappa shape index (κ2) is 3.39. The number of benzene rings is 1. The van der Waals surface area contributed by atoms with Gasteiger partial charge in [0.05, 0.1) is 0 Å². The van der Waals surface area contributed by atoms with Crippen LogP contribution < -0.4 is 5.06 Å². The molecule has 1 rings (SSSR count). The van der Waals surface area contributed by atoms with Gasteiger partial charge in [-0.1, -0.05) is 19.1 Å². The van der Waals surface area contributed by atoms with E-state index in [4.69, 9.17) is 0 Å². The van der Waals surface area contributed by atoms with Crippen molar-refractivity contribution in [2.75, 3.05) is 12.1 Å². The van der Waals surface area contributed by atoms with Gasteiger partial charge in [-0.3, -0.25) is 0 Å². The Morgan fingerprint density at radius 1 is 1.27 bits per heavy atom. The fourth-order valence-corrected chi connectivity index (χ4v) is 0.942. The Hall–Kier alpha value is -1.02. The van der Waals surface area contributed by atoms with Crippen LogP contribution in [0.1, 0.15) is 12.5 Å². The maximum atomic E-state index is 10.8. The SMILES string of the molecule is CCc1ccc(N(C)[O-])cc1. The van der Waals surface area contributed by atoms with Gasteiger partial charge in [-0.25, -0.2) is 0 Å². The van der Waals surface area contributed by atoms with E-state index in [9.17, 15) is 5.21 Å². The number of hydrogen-bond donors (Lipinski definition) is 0. The molecule has 2 heteroatoms. The first-order chi connectivity index (χ1) is 5.24. The summed E-state index contributed by atoms with van der Waals surface area (Å²) in [5.41, 5.74) is 1.97. The van der Waals surface area contributed by atoms with E-state index in [0.717, 1.165) is 11.5 Å². The number of hydroxylamine groups is 1. The van der Waals surface area contributed by atoms with Crippen molar-refractivity contribution in [3.63, 3.8) is 0 Å². The van der Waals surface area contributed by atoms with Gasteiger partial charge in [0.1, 0.15) is 0 Å². The lowest BCUT2D eigenvalue weighted by atomic mass is 10.1. The maximum Gasteiger partial charge on any atom is 0.0257 e. The molecule has 0 aliphatic rings. The zero-order valence-corrected chi connectivity index (χ0v) is 6.87. The van der Waals surface area contributed by atoms with Crippen LogP contribution in [0.25, 0.3) is 0 Å². The molecule has 0 radical (unpaired) electrons. The van der Waals surface area contributed by atoms with Gasteiger partial charge in [0.25, 0.3) is 0 Å². The maximum absolute atomic E-state index is 10.8. The highest BCUT2D eigenvalue weighted by Crippen LogP contribution is 2.12. The zero-order valence-electron chi connectivity index (χ0n) is 6.87. The van der Waals surface area contributed by atoms with Crippen molar-refractivity contribution in [1.29, 1.82) is 0 Å². The molecule has 0 aliphatic carbocycles. The number of hydrogen-bond acceptors (Lipinski definition) is 2. The topological polar surface area (TPSA) is 26.3 Å². The predicted molar refractivity (Wildman–Crippen MR) is 47.6 cm³/mol. The van der Waals surface area contributed by atoms with E-state index >= 15 is 0 Å². The molecule has 0 unspecified atom stereocenters. The third kappa shape index (κ3) is 1.95. The summed E-state index contributed by atoms with van der Waals surface area (Å²) in [6.45, 7) is 2.09. The second-order valence-electron chi connectivity index (χ2n) is 2.52. The summed E-state index contributed by atoms with van der Waals surface area (Å²) in [6.07, 6.45) is 1.02. The summed E-state index contributed by atoms with van der Waals surface area (Å²) < 4.78 is 0. The Morgan fingerprint density at radius 3 is 2.18 bits per heavy atom. The van der Waals surface area contributed by atoms with E-state index in [1.54, 1.807) is 0 Å². The van der Waals surface area contributed by atoms with Crippen LogP contribution in [-0.2, 0) is 6.42 Å². The fourth-order valence-electron chi connectivity index (χ4n) is 0.942. The molecule has 0 atom stereocenters. The molecule has 0 aromatic heterocycles.